The Kier molecular flexibility index (Phi) is 4.52. The highest BCUT2D eigenvalue weighted by atomic mass is 16.3. The number of rotatable bonds is 5. The third kappa shape index (κ3) is 2.97. The van der Waals surface area contributed by atoms with Crippen molar-refractivity contribution in [3.05, 3.63) is 0 Å². The molecule has 0 radical (unpaired) electrons. The molecule has 1 aliphatic rings. The Balaban J connectivity index is 2.71. The van der Waals surface area contributed by atoms with Crippen LogP contribution in [-0.4, -0.2) is 46.6 Å². The van der Waals surface area contributed by atoms with Crippen LogP contribution in [0.3, 0.4) is 0 Å². The van der Waals surface area contributed by atoms with Crippen LogP contribution in [0.2, 0.25) is 0 Å². The molecule has 100 valence electrons. The molecule has 0 aromatic heterocycles. The number of aliphatic hydroxyl groups excluding tert-OH is 3. The predicted molar refractivity (Wildman–Crippen MR) is 63.3 cm³/mol. The third-order valence-corrected chi connectivity index (χ3v) is 3.87. The zero-order chi connectivity index (χ0) is 13.1. The lowest BCUT2D eigenvalue weighted by molar-refractivity contribution is -0.132. The Hall–Kier alpha value is -0.650. The van der Waals surface area contributed by atoms with Crippen LogP contribution in [0.1, 0.15) is 33.1 Å². The smallest absolute Gasteiger partial charge is 0.224 e. The molecule has 1 aliphatic carbocycles. The molecule has 1 saturated carbocycles. The molecule has 4 N–H and O–H groups in total. The van der Waals surface area contributed by atoms with Gasteiger partial charge in [-0.25, -0.2) is 0 Å². The lowest BCUT2D eigenvalue weighted by Gasteiger charge is -2.33. The average Bonchev–Trinajstić information content (AvgIpc) is 2.66. The molecule has 0 saturated heterocycles. The van der Waals surface area contributed by atoms with Gasteiger partial charge in [0.1, 0.15) is 5.54 Å². The van der Waals surface area contributed by atoms with Gasteiger partial charge in [-0.05, 0) is 18.3 Å². The molecule has 1 unspecified atom stereocenters. The van der Waals surface area contributed by atoms with Gasteiger partial charge in [0.25, 0.3) is 0 Å². The number of hydrogen-bond acceptors (Lipinski definition) is 4. The summed E-state index contributed by atoms with van der Waals surface area (Å²) in [6.07, 6.45) is 2.82. The monoisotopic (exact) mass is 245 g/mol. The molecule has 1 fully saturated rings. The number of aliphatic hydroxyl groups is 3. The summed E-state index contributed by atoms with van der Waals surface area (Å²) in [6.45, 7) is 2.67. The maximum atomic E-state index is 12.1. The van der Waals surface area contributed by atoms with Gasteiger partial charge >= 0.3 is 0 Å². The lowest BCUT2D eigenvalue weighted by Crippen LogP contribution is -2.59. The molecule has 1 rings (SSSR count). The highest BCUT2D eigenvalue weighted by Crippen LogP contribution is 2.42. The van der Waals surface area contributed by atoms with Gasteiger partial charge in [0, 0.05) is 5.92 Å². The molecule has 1 atom stereocenters. The second kappa shape index (κ2) is 5.33. The van der Waals surface area contributed by atoms with E-state index in [1.165, 1.54) is 0 Å². The third-order valence-electron chi connectivity index (χ3n) is 3.87. The first-order valence-corrected chi connectivity index (χ1v) is 6.05. The maximum absolute atomic E-state index is 12.1. The number of amides is 1. The van der Waals surface area contributed by atoms with Crippen molar-refractivity contribution in [3.8, 4) is 0 Å². The Bertz CT molecular complexity index is 265. The number of nitrogens with one attached hydrogen (secondary N) is 1. The van der Waals surface area contributed by atoms with Crippen LogP contribution >= 0.6 is 0 Å². The molecule has 17 heavy (non-hydrogen) atoms. The summed E-state index contributed by atoms with van der Waals surface area (Å²) < 4.78 is 0. The van der Waals surface area contributed by atoms with Gasteiger partial charge in [0.05, 0.1) is 19.8 Å². The van der Waals surface area contributed by atoms with Crippen molar-refractivity contribution in [1.29, 1.82) is 0 Å². The van der Waals surface area contributed by atoms with E-state index in [0.29, 0.717) is 0 Å². The second-order valence-corrected chi connectivity index (χ2v) is 5.68. The van der Waals surface area contributed by atoms with Crippen molar-refractivity contribution < 1.29 is 20.1 Å². The van der Waals surface area contributed by atoms with Crippen molar-refractivity contribution >= 4 is 5.91 Å². The number of hydrogen-bond donors (Lipinski definition) is 4. The van der Waals surface area contributed by atoms with Gasteiger partial charge in [-0.3, -0.25) is 4.79 Å². The van der Waals surface area contributed by atoms with Crippen LogP contribution in [0.5, 0.6) is 0 Å². The second-order valence-electron chi connectivity index (χ2n) is 5.68. The molecular formula is C12H23NO4. The normalized spacial score (nSPS) is 23.7. The fourth-order valence-corrected chi connectivity index (χ4v) is 2.43. The lowest BCUT2D eigenvalue weighted by atomic mass is 9.81. The van der Waals surface area contributed by atoms with Crippen molar-refractivity contribution in [1.82, 2.24) is 5.32 Å². The van der Waals surface area contributed by atoms with E-state index >= 15 is 0 Å². The van der Waals surface area contributed by atoms with Gasteiger partial charge < -0.3 is 20.6 Å². The number of carbonyl (C=O) groups excluding carboxylic acids is 1. The fourth-order valence-electron chi connectivity index (χ4n) is 2.43. The molecule has 5 heteroatoms. The summed E-state index contributed by atoms with van der Waals surface area (Å²) in [5.74, 6) is -0.309. The van der Waals surface area contributed by atoms with E-state index in [-0.39, 0.29) is 17.2 Å². The van der Waals surface area contributed by atoms with Crippen LogP contribution in [0.25, 0.3) is 0 Å². The first kappa shape index (κ1) is 14.4. The molecule has 0 heterocycles. The van der Waals surface area contributed by atoms with E-state index in [9.17, 15) is 4.79 Å². The van der Waals surface area contributed by atoms with Crippen LogP contribution in [0, 0.1) is 11.3 Å². The van der Waals surface area contributed by atoms with Crippen molar-refractivity contribution in [2.75, 3.05) is 19.8 Å². The van der Waals surface area contributed by atoms with E-state index in [0.717, 1.165) is 19.3 Å². The highest BCUT2D eigenvalue weighted by Gasteiger charge is 2.42. The molecule has 0 aromatic carbocycles. The molecule has 0 spiro atoms. The standard InChI is InChI=1S/C12H23NO4/c1-11(2)5-3-4-9(11)10(17)13-12(6-14,7-15)8-16/h9,14-16H,3-8H2,1-2H3,(H,13,17). The molecule has 0 bridgehead atoms. The van der Waals surface area contributed by atoms with E-state index in [4.69, 9.17) is 15.3 Å². The zero-order valence-corrected chi connectivity index (χ0v) is 10.6. The summed E-state index contributed by atoms with van der Waals surface area (Å²) in [5.41, 5.74) is -1.37. The van der Waals surface area contributed by atoms with Gasteiger partial charge in [-0.1, -0.05) is 20.3 Å². The van der Waals surface area contributed by atoms with Crippen LogP contribution in [0.15, 0.2) is 0 Å². The predicted octanol–water partition coefficient (Wildman–Crippen LogP) is -0.355. The molecule has 0 aromatic rings. The Morgan fingerprint density at radius 1 is 1.29 bits per heavy atom. The summed E-state index contributed by atoms with van der Waals surface area (Å²) in [4.78, 5) is 12.1. The molecule has 1 amide bonds. The van der Waals surface area contributed by atoms with Gasteiger partial charge in [0.2, 0.25) is 5.91 Å². The van der Waals surface area contributed by atoms with Crippen molar-refractivity contribution in [2.24, 2.45) is 11.3 Å². The van der Waals surface area contributed by atoms with E-state index < -0.39 is 25.4 Å². The minimum atomic E-state index is -1.31. The van der Waals surface area contributed by atoms with Gasteiger partial charge in [0.15, 0.2) is 0 Å². The van der Waals surface area contributed by atoms with Crippen molar-refractivity contribution in [2.45, 2.75) is 38.6 Å². The minimum absolute atomic E-state index is 0.0593. The Morgan fingerprint density at radius 3 is 2.18 bits per heavy atom. The fraction of sp³-hybridized carbons (Fsp3) is 0.917. The van der Waals surface area contributed by atoms with Crippen LogP contribution in [-0.2, 0) is 4.79 Å². The van der Waals surface area contributed by atoms with Crippen LogP contribution < -0.4 is 5.32 Å². The summed E-state index contributed by atoms with van der Waals surface area (Å²) in [7, 11) is 0. The SMILES string of the molecule is CC1(C)CCCC1C(=O)NC(CO)(CO)CO. The Labute approximate surface area is 102 Å². The van der Waals surface area contributed by atoms with Gasteiger partial charge in [-0.15, -0.1) is 0 Å². The first-order valence-electron chi connectivity index (χ1n) is 6.05. The molecular weight excluding hydrogens is 222 g/mol. The quantitative estimate of drug-likeness (QED) is 0.533. The Morgan fingerprint density at radius 2 is 1.82 bits per heavy atom. The molecule has 0 aliphatic heterocycles. The largest absolute Gasteiger partial charge is 0.394 e. The number of carbonyl (C=O) groups is 1. The summed E-state index contributed by atoms with van der Waals surface area (Å²) in [6, 6.07) is 0. The zero-order valence-electron chi connectivity index (χ0n) is 10.6. The van der Waals surface area contributed by atoms with Crippen molar-refractivity contribution in [3.63, 3.8) is 0 Å². The van der Waals surface area contributed by atoms with E-state index in [1.807, 2.05) is 13.8 Å². The average molecular weight is 245 g/mol. The van der Waals surface area contributed by atoms with E-state index in [2.05, 4.69) is 5.32 Å². The van der Waals surface area contributed by atoms with Crippen LogP contribution in [0.4, 0.5) is 0 Å². The summed E-state index contributed by atoms with van der Waals surface area (Å²) in [5, 5.41) is 30.1. The molecule has 5 nitrogen and oxygen atoms in total. The maximum Gasteiger partial charge on any atom is 0.224 e. The van der Waals surface area contributed by atoms with Gasteiger partial charge in [-0.2, -0.15) is 0 Å². The summed E-state index contributed by atoms with van der Waals surface area (Å²) >= 11 is 0. The minimum Gasteiger partial charge on any atom is -0.394 e. The first-order chi connectivity index (χ1) is 7.90. The highest BCUT2D eigenvalue weighted by molar-refractivity contribution is 5.80. The topological polar surface area (TPSA) is 89.8 Å². The van der Waals surface area contributed by atoms with E-state index in [1.54, 1.807) is 0 Å².